The van der Waals surface area contributed by atoms with Gasteiger partial charge in [-0.05, 0) is 40.8 Å². The zero-order valence-corrected chi connectivity index (χ0v) is 9.99. The molecule has 0 radical (unpaired) electrons. The second-order valence-electron chi connectivity index (χ2n) is 5.19. The van der Waals surface area contributed by atoms with Gasteiger partial charge in [0.2, 0.25) is 0 Å². The van der Waals surface area contributed by atoms with E-state index in [0.29, 0.717) is 12.0 Å². The molecule has 2 aliphatic heterocycles. The van der Waals surface area contributed by atoms with Crippen LogP contribution in [0.1, 0.15) is 34.2 Å². The summed E-state index contributed by atoms with van der Waals surface area (Å²) in [5.41, 5.74) is 5.19. The highest BCUT2D eigenvalue weighted by Crippen LogP contribution is 2.41. The van der Waals surface area contributed by atoms with Gasteiger partial charge < -0.3 is 5.32 Å². The second-order valence-corrected chi connectivity index (χ2v) is 5.19. The summed E-state index contributed by atoms with van der Waals surface area (Å²) in [6.45, 7) is 0.915. The fraction of sp³-hybridized carbons (Fsp3) is 0.250. The minimum absolute atomic E-state index is 0.128. The summed E-state index contributed by atoms with van der Waals surface area (Å²) in [6.07, 6.45) is 0.961. The minimum atomic E-state index is -0.128. The third-order valence-corrected chi connectivity index (χ3v) is 4.22. The van der Waals surface area contributed by atoms with Gasteiger partial charge in [0, 0.05) is 18.5 Å². The van der Waals surface area contributed by atoms with Crippen molar-refractivity contribution in [2.24, 2.45) is 0 Å². The van der Waals surface area contributed by atoms with E-state index in [9.17, 15) is 4.39 Å². The molecule has 0 spiro atoms. The van der Waals surface area contributed by atoms with E-state index < -0.39 is 0 Å². The van der Waals surface area contributed by atoms with Crippen molar-refractivity contribution in [2.75, 3.05) is 6.54 Å². The van der Waals surface area contributed by atoms with E-state index in [4.69, 9.17) is 0 Å². The molecule has 2 heterocycles. The van der Waals surface area contributed by atoms with Gasteiger partial charge in [-0.3, -0.25) is 0 Å². The average molecular weight is 239 g/mol. The van der Waals surface area contributed by atoms with Gasteiger partial charge >= 0.3 is 0 Å². The molecule has 0 saturated heterocycles. The van der Waals surface area contributed by atoms with Gasteiger partial charge in [0.15, 0.2) is 0 Å². The Morgan fingerprint density at radius 1 is 1.00 bits per heavy atom. The van der Waals surface area contributed by atoms with Crippen molar-refractivity contribution in [3.8, 4) is 0 Å². The van der Waals surface area contributed by atoms with Crippen LogP contribution in [0.15, 0.2) is 42.5 Å². The number of fused-ring (bicyclic) bond motifs is 1. The maximum absolute atomic E-state index is 13.5. The number of hydrogen-bond donors (Lipinski definition) is 1. The molecule has 2 aromatic carbocycles. The van der Waals surface area contributed by atoms with Crippen molar-refractivity contribution >= 4 is 0 Å². The van der Waals surface area contributed by atoms with Crippen LogP contribution in [0.25, 0.3) is 0 Å². The Bertz CT molecular complexity index is 620. The molecule has 2 atom stereocenters. The highest BCUT2D eigenvalue weighted by atomic mass is 19.1. The van der Waals surface area contributed by atoms with Crippen molar-refractivity contribution in [3.63, 3.8) is 0 Å². The number of benzene rings is 2. The Morgan fingerprint density at radius 3 is 2.72 bits per heavy atom. The lowest BCUT2D eigenvalue weighted by molar-refractivity contribution is 0.500. The van der Waals surface area contributed by atoms with E-state index in [2.05, 4.69) is 29.6 Å². The first-order valence-electron chi connectivity index (χ1n) is 6.43. The molecule has 0 saturated carbocycles. The number of nitrogens with one attached hydrogen (secondary N) is 1. The molecule has 2 unspecified atom stereocenters. The lowest BCUT2D eigenvalue weighted by Crippen LogP contribution is -2.31. The highest BCUT2D eigenvalue weighted by molar-refractivity contribution is 5.48. The third-order valence-electron chi connectivity index (χ3n) is 4.22. The second kappa shape index (κ2) is 3.66. The van der Waals surface area contributed by atoms with Crippen molar-refractivity contribution in [3.05, 3.63) is 70.5 Å². The maximum atomic E-state index is 13.5. The quantitative estimate of drug-likeness (QED) is 0.744. The highest BCUT2D eigenvalue weighted by Gasteiger charge is 2.33. The largest absolute Gasteiger partial charge is 0.309 e. The molecule has 2 aromatic rings. The van der Waals surface area contributed by atoms with Crippen molar-refractivity contribution < 1.29 is 4.39 Å². The summed E-state index contributed by atoms with van der Waals surface area (Å²) in [4.78, 5) is 0. The Kier molecular flexibility index (Phi) is 2.09. The SMILES string of the molecule is Fc1ccc2c(c1)C1CNC(C2)c2ccccc21. The van der Waals surface area contributed by atoms with Gasteiger partial charge in [0.25, 0.3) is 0 Å². The predicted octanol–water partition coefficient (Wildman–Crippen LogP) is 3.16. The predicted molar refractivity (Wildman–Crippen MR) is 69.1 cm³/mol. The standard InChI is InChI=1S/C16H14FN/c17-11-6-5-10-7-16-13-4-2-1-3-12(13)15(9-18-16)14(10)8-11/h1-6,8,15-16,18H,7,9H2. The Morgan fingerprint density at radius 2 is 1.83 bits per heavy atom. The maximum Gasteiger partial charge on any atom is 0.123 e. The van der Waals surface area contributed by atoms with Gasteiger partial charge in [0.05, 0.1) is 0 Å². The van der Waals surface area contributed by atoms with Gasteiger partial charge in [0.1, 0.15) is 5.82 Å². The van der Waals surface area contributed by atoms with Gasteiger partial charge in [-0.1, -0.05) is 30.3 Å². The molecule has 2 heteroatoms. The molecule has 90 valence electrons. The van der Waals surface area contributed by atoms with E-state index in [1.165, 1.54) is 16.7 Å². The Hall–Kier alpha value is -1.67. The molecule has 5 rings (SSSR count). The normalized spacial score (nSPS) is 24.3. The molecule has 0 amide bonds. The molecule has 1 N–H and O–H groups in total. The topological polar surface area (TPSA) is 12.0 Å². The van der Waals surface area contributed by atoms with Crippen molar-refractivity contribution in [1.82, 2.24) is 5.32 Å². The summed E-state index contributed by atoms with van der Waals surface area (Å²) in [7, 11) is 0. The summed E-state index contributed by atoms with van der Waals surface area (Å²) in [5, 5.41) is 3.58. The average Bonchev–Trinajstić information content (AvgIpc) is 2.65. The molecule has 1 aliphatic carbocycles. The van der Waals surface area contributed by atoms with E-state index in [-0.39, 0.29) is 5.82 Å². The van der Waals surface area contributed by atoms with Crippen molar-refractivity contribution in [1.29, 1.82) is 0 Å². The van der Waals surface area contributed by atoms with Crippen LogP contribution in [0.5, 0.6) is 0 Å². The first kappa shape index (κ1) is 10.3. The molecule has 1 nitrogen and oxygen atoms in total. The van der Waals surface area contributed by atoms with Crippen LogP contribution in [-0.4, -0.2) is 6.54 Å². The molecular weight excluding hydrogens is 225 g/mol. The lowest BCUT2D eigenvalue weighted by atomic mass is 9.85. The first-order chi connectivity index (χ1) is 8.83. The zero-order chi connectivity index (χ0) is 12.1. The molecule has 0 fully saturated rings. The van der Waals surface area contributed by atoms with Crippen LogP contribution < -0.4 is 5.32 Å². The zero-order valence-electron chi connectivity index (χ0n) is 9.99. The smallest absolute Gasteiger partial charge is 0.123 e. The van der Waals surface area contributed by atoms with Crippen LogP contribution >= 0.6 is 0 Å². The fourth-order valence-corrected chi connectivity index (χ4v) is 3.38. The Labute approximate surface area is 106 Å². The third kappa shape index (κ3) is 1.36. The van der Waals surface area contributed by atoms with Gasteiger partial charge in [-0.2, -0.15) is 0 Å². The van der Waals surface area contributed by atoms with Gasteiger partial charge in [-0.15, -0.1) is 0 Å². The Balaban J connectivity index is 1.99. The van der Waals surface area contributed by atoms with E-state index >= 15 is 0 Å². The molecule has 3 aliphatic rings. The monoisotopic (exact) mass is 239 g/mol. The van der Waals surface area contributed by atoms with Gasteiger partial charge in [-0.25, -0.2) is 4.39 Å². The van der Waals surface area contributed by atoms with Crippen LogP contribution in [0.4, 0.5) is 4.39 Å². The number of rotatable bonds is 0. The van der Waals surface area contributed by atoms with Crippen LogP contribution in [0.2, 0.25) is 0 Å². The van der Waals surface area contributed by atoms with Crippen molar-refractivity contribution in [2.45, 2.75) is 18.4 Å². The van der Waals surface area contributed by atoms with Crippen LogP contribution in [-0.2, 0) is 6.42 Å². The fourth-order valence-electron chi connectivity index (χ4n) is 3.38. The molecule has 18 heavy (non-hydrogen) atoms. The summed E-state index contributed by atoms with van der Waals surface area (Å²) >= 11 is 0. The summed E-state index contributed by atoms with van der Waals surface area (Å²) in [6, 6.07) is 14.2. The molecular formula is C16H14FN. The van der Waals surface area contributed by atoms with E-state index in [1.807, 2.05) is 6.07 Å². The van der Waals surface area contributed by atoms with Crippen LogP contribution in [0.3, 0.4) is 0 Å². The molecule has 0 aromatic heterocycles. The first-order valence-corrected chi connectivity index (χ1v) is 6.43. The summed E-state index contributed by atoms with van der Waals surface area (Å²) < 4.78 is 13.5. The number of halogens is 1. The van der Waals surface area contributed by atoms with E-state index in [1.54, 1.807) is 12.1 Å². The number of hydrogen-bond acceptors (Lipinski definition) is 1. The van der Waals surface area contributed by atoms with E-state index in [0.717, 1.165) is 18.5 Å². The summed E-state index contributed by atoms with van der Waals surface area (Å²) in [5.74, 6) is 0.169. The molecule has 2 bridgehead atoms. The lowest BCUT2D eigenvalue weighted by Gasteiger charge is -2.28. The van der Waals surface area contributed by atoms with Crippen LogP contribution in [0, 0.1) is 5.82 Å². The minimum Gasteiger partial charge on any atom is -0.309 e.